The number of rotatable bonds is 2. The topological polar surface area (TPSA) is 29.0 Å². The van der Waals surface area contributed by atoms with Crippen molar-refractivity contribution in [1.82, 2.24) is 9.97 Å². The molecule has 0 amide bonds. The highest BCUT2D eigenvalue weighted by atomic mass is 19.1. The Morgan fingerprint density at radius 3 is 2.67 bits per heavy atom. The van der Waals surface area contributed by atoms with Crippen LogP contribution in [0.15, 0.2) is 6.07 Å². The maximum Gasteiger partial charge on any atom is 0.228 e. The van der Waals surface area contributed by atoms with Crippen molar-refractivity contribution in [1.29, 1.82) is 0 Å². The van der Waals surface area contributed by atoms with Crippen molar-refractivity contribution in [2.75, 3.05) is 18.0 Å². The number of aryl methyl sites for hydroxylation is 1. The average Bonchev–Trinajstić information content (AvgIpc) is 2.29. The van der Waals surface area contributed by atoms with Crippen LogP contribution in [0.4, 0.5) is 10.3 Å². The van der Waals surface area contributed by atoms with Crippen molar-refractivity contribution < 1.29 is 4.39 Å². The van der Waals surface area contributed by atoms with Crippen molar-refractivity contribution >= 4 is 5.95 Å². The molecule has 0 atom stereocenters. The van der Waals surface area contributed by atoms with E-state index in [-0.39, 0.29) is 0 Å². The van der Waals surface area contributed by atoms with Gasteiger partial charge in [0.15, 0.2) is 0 Å². The lowest BCUT2D eigenvalue weighted by Crippen LogP contribution is -2.31. The first-order chi connectivity index (χ1) is 7.29. The minimum Gasteiger partial charge on any atom is -0.341 e. The second kappa shape index (κ2) is 4.55. The third-order valence-electron chi connectivity index (χ3n) is 2.74. The van der Waals surface area contributed by atoms with Crippen LogP contribution in [0.1, 0.15) is 31.9 Å². The number of hydrogen-bond acceptors (Lipinski definition) is 3. The standard InChI is InChI=1S/C11H16FN3/c1-2-9-8-10(12)14-11(13-9)15-6-4-3-5-7-15/h8H,2-7H2,1H3. The zero-order valence-corrected chi connectivity index (χ0v) is 9.04. The Bertz CT molecular complexity index is 335. The molecule has 4 heteroatoms. The predicted octanol–water partition coefficient (Wildman–Crippen LogP) is 2.17. The second-order valence-electron chi connectivity index (χ2n) is 3.88. The van der Waals surface area contributed by atoms with E-state index in [2.05, 4.69) is 14.9 Å². The first-order valence-electron chi connectivity index (χ1n) is 5.58. The highest BCUT2D eigenvalue weighted by Crippen LogP contribution is 2.16. The maximum atomic E-state index is 13.2. The van der Waals surface area contributed by atoms with Crippen LogP contribution in [0.2, 0.25) is 0 Å². The van der Waals surface area contributed by atoms with E-state index >= 15 is 0 Å². The van der Waals surface area contributed by atoms with E-state index in [9.17, 15) is 4.39 Å². The summed E-state index contributed by atoms with van der Waals surface area (Å²) in [7, 11) is 0. The minimum atomic E-state index is -0.414. The average molecular weight is 209 g/mol. The van der Waals surface area contributed by atoms with Crippen LogP contribution in [0.5, 0.6) is 0 Å². The number of halogens is 1. The molecule has 3 nitrogen and oxygen atoms in total. The van der Waals surface area contributed by atoms with Gasteiger partial charge in [-0.1, -0.05) is 6.92 Å². The zero-order chi connectivity index (χ0) is 10.7. The summed E-state index contributed by atoms with van der Waals surface area (Å²) < 4.78 is 13.2. The highest BCUT2D eigenvalue weighted by molar-refractivity contribution is 5.31. The molecule has 0 saturated carbocycles. The van der Waals surface area contributed by atoms with E-state index < -0.39 is 5.95 Å². The van der Waals surface area contributed by atoms with Gasteiger partial charge in [0, 0.05) is 24.8 Å². The zero-order valence-electron chi connectivity index (χ0n) is 9.04. The van der Waals surface area contributed by atoms with Gasteiger partial charge in [-0.25, -0.2) is 4.98 Å². The normalized spacial score (nSPS) is 16.8. The molecule has 1 aliphatic rings. The highest BCUT2D eigenvalue weighted by Gasteiger charge is 2.14. The Morgan fingerprint density at radius 2 is 2.00 bits per heavy atom. The molecule has 0 aromatic carbocycles. The van der Waals surface area contributed by atoms with Crippen molar-refractivity contribution in [3.05, 3.63) is 17.7 Å². The first kappa shape index (κ1) is 10.3. The lowest BCUT2D eigenvalue weighted by atomic mass is 10.1. The van der Waals surface area contributed by atoms with E-state index in [1.807, 2.05) is 6.92 Å². The van der Waals surface area contributed by atoms with Crippen molar-refractivity contribution in [3.8, 4) is 0 Å². The van der Waals surface area contributed by atoms with Crippen LogP contribution in [0.25, 0.3) is 0 Å². The van der Waals surface area contributed by atoms with Gasteiger partial charge in [0.05, 0.1) is 0 Å². The van der Waals surface area contributed by atoms with Crippen LogP contribution >= 0.6 is 0 Å². The van der Waals surface area contributed by atoms with Gasteiger partial charge >= 0.3 is 0 Å². The molecular weight excluding hydrogens is 193 g/mol. The molecule has 0 bridgehead atoms. The molecule has 0 radical (unpaired) electrons. The maximum absolute atomic E-state index is 13.2. The molecule has 1 fully saturated rings. The van der Waals surface area contributed by atoms with E-state index in [0.717, 1.165) is 38.0 Å². The molecule has 0 aliphatic carbocycles. The molecule has 0 unspecified atom stereocenters. The van der Waals surface area contributed by atoms with Crippen LogP contribution in [-0.2, 0) is 6.42 Å². The second-order valence-corrected chi connectivity index (χ2v) is 3.88. The van der Waals surface area contributed by atoms with Crippen LogP contribution in [0, 0.1) is 5.95 Å². The molecule has 1 aromatic rings. The van der Waals surface area contributed by atoms with Crippen molar-refractivity contribution in [3.63, 3.8) is 0 Å². The fourth-order valence-electron chi connectivity index (χ4n) is 1.87. The number of piperidine rings is 1. The van der Waals surface area contributed by atoms with Gasteiger partial charge in [-0.2, -0.15) is 9.37 Å². The molecule has 2 rings (SSSR count). The van der Waals surface area contributed by atoms with Gasteiger partial charge in [-0.15, -0.1) is 0 Å². The van der Waals surface area contributed by atoms with E-state index in [4.69, 9.17) is 0 Å². The monoisotopic (exact) mass is 209 g/mol. The van der Waals surface area contributed by atoms with Gasteiger partial charge < -0.3 is 4.90 Å². The van der Waals surface area contributed by atoms with Gasteiger partial charge in [0.2, 0.25) is 11.9 Å². The van der Waals surface area contributed by atoms with Crippen LogP contribution in [-0.4, -0.2) is 23.1 Å². The Balaban J connectivity index is 2.22. The summed E-state index contributed by atoms with van der Waals surface area (Å²) in [5, 5.41) is 0. The Labute approximate surface area is 89.3 Å². The molecule has 82 valence electrons. The largest absolute Gasteiger partial charge is 0.341 e. The summed E-state index contributed by atoms with van der Waals surface area (Å²) >= 11 is 0. The fourth-order valence-corrected chi connectivity index (χ4v) is 1.87. The minimum absolute atomic E-state index is 0.414. The molecule has 2 heterocycles. The van der Waals surface area contributed by atoms with Crippen LogP contribution in [0.3, 0.4) is 0 Å². The molecule has 0 N–H and O–H groups in total. The predicted molar refractivity (Wildman–Crippen MR) is 57.4 cm³/mol. The summed E-state index contributed by atoms with van der Waals surface area (Å²) in [5.74, 6) is 0.147. The third kappa shape index (κ3) is 2.43. The molecule has 1 aliphatic heterocycles. The number of aromatic nitrogens is 2. The quantitative estimate of drug-likeness (QED) is 0.699. The summed E-state index contributed by atoms with van der Waals surface area (Å²) in [6.45, 7) is 3.88. The van der Waals surface area contributed by atoms with Crippen LogP contribution < -0.4 is 4.90 Å². The summed E-state index contributed by atoms with van der Waals surface area (Å²) in [5.41, 5.74) is 0.781. The summed E-state index contributed by atoms with van der Waals surface area (Å²) in [6, 6.07) is 1.41. The number of anilines is 1. The van der Waals surface area contributed by atoms with Crippen molar-refractivity contribution in [2.45, 2.75) is 32.6 Å². The van der Waals surface area contributed by atoms with Gasteiger partial charge in [0.25, 0.3) is 0 Å². The number of nitrogens with zero attached hydrogens (tertiary/aromatic N) is 3. The number of hydrogen-bond donors (Lipinski definition) is 0. The Hall–Kier alpha value is -1.19. The van der Waals surface area contributed by atoms with Gasteiger partial charge in [-0.05, 0) is 25.7 Å². The fraction of sp³-hybridized carbons (Fsp3) is 0.636. The SMILES string of the molecule is CCc1cc(F)nc(N2CCCCC2)n1. The Kier molecular flexibility index (Phi) is 3.14. The summed E-state index contributed by atoms with van der Waals surface area (Å²) in [4.78, 5) is 10.3. The molecule has 15 heavy (non-hydrogen) atoms. The van der Waals surface area contributed by atoms with E-state index in [0.29, 0.717) is 5.95 Å². The molecular formula is C11H16FN3. The lowest BCUT2D eigenvalue weighted by Gasteiger charge is -2.26. The third-order valence-corrected chi connectivity index (χ3v) is 2.74. The molecule has 1 saturated heterocycles. The first-order valence-corrected chi connectivity index (χ1v) is 5.58. The van der Waals surface area contributed by atoms with E-state index in [1.165, 1.54) is 12.5 Å². The lowest BCUT2D eigenvalue weighted by molar-refractivity contribution is 0.543. The van der Waals surface area contributed by atoms with Crippen molar-refractivity contribution in [2.24, 2.45) is 0 Å². The summed E-state index contributed by atoms with van der Waals surface area (Å²) in [6.07, 6.45) is 4.31. The molecule has 0 spiro atoms. The Morgan fingerprint density at radius 1 is 1.27 bits per heavy atom. The smallest absolute Gasteiger partial charge is 0.228 e. The van der Waals surface area contributed by atoms with Gasteiger partial charge in [-0.3, -0.25) is 0 Å². The van der Waals surface area contributed by atoms with Gasteiger partial charge in [0.1, 0.15) is 0 Å². The van der Waals surface area contributed by atoms with E-state index in [1.54, 1.807) is 0 Å². The molecule has 1 aromatic heterocycles.